The average molecular weight is 275 g/mol. The van der Waals surface area contributed by atoms with Gasteiger partial charge in [0.2, 0.25) is 0 Å². The maximum absolute atomic E-state index is 3.58. The van der Waals surface area contributed by atoms with E-state index in [1.54, 1.807) is 0 Å². The molecular formula is C20H21N. The van der Waals surface area contributed by atoms with Crippen molar-refractivity contribution in [2.75, 3.05) is 11.9 Å². The van der Waals surface area contributed by atoms with Crippen molar-refractivity contribution >= 4 is 16.5 Å². The van der Waals surface area contributed by atoms with Gasteiger partial charge < -0.3 is 5.32 Å². The van der Waals surface area contributed by atoms with Crippen LogP contribution in [0.3, 0.4) is 0 Å². The summed E-state index contributed by atoms with van der Waals surface area (Å²) in [6.07, 6.45) is 0. The molecule has 0 bridgehead atoms. The van der Waals surface area contributed by atoms with Crippen molar-refractivity contribution in [3.8, 4) is 0 Å². The normalized spacial score (nSPS) is 11.5. The largest absolute Gasteiger partial charge is 0.384 e. The van der Waals surface area contributed by atoms with Gasteiger partial charge in [-0.1, -0.05) is 74.5 Å². The molecule has 0 unspecified atom stereocenters. The molecule has 0 spiro atoms. The van der Waals surface area contributed by atoms with Gasteiger partial charge in [0, 0.05) is 17.6 Å². The summed E-state index contributed by atoms with van der Waals surface area (Å²) in [7, 11) is 0. The Bertz CT molecular complexity index is 729. The Balaban J connectivity index is 1.77. The SMILES string of the molecule is CC(C)(CNc1ccc2ccccc2c1)c1ccccc1. The van der Waals surface area contributed by atoms with E-state index in [-0.39, 0.29) is 5.41 Å². The summed E-state index contributed by atoms with van der Waals surface area (Å²) in [4.78, 5) is 0. The van der Waals surface area contributed by atoms with Crippen LogP contribution in [0.25, 0.3) is 10.8 Å². The van der Waals surface area contributed by atoms with Crippen LogP contribution in [0.2, 0.25) is 0 Å². The fourth-order valence-electron chi connectivity index (χ4n) is 2.61. The molecule has 0 saturated heterocycles. The van der Waals surface area contributed by atoms with Gasteiger partial charge in [-0.15, -0.1) is 0 Å². The van der Waals surface area contributed by atoms with E-state index in [0.717, 1.165) is 6.54 Å². The highest BCUT2D eigenvalue weighted by molar-refractivity contribution is 5.85. The Morgan fingerprint density at radius 2 is 1.43 bits per heavy atom. The Morgan fingerprint density at radius 1 is 0.762 bits per heavy atom. The first-order valence-corrected chi connectivity index (χ1v) is 7.43. The molecule has 3 aromatic rings. The molecule has 0 radical (unpaired) electrons. The molecule has 0 aromatic heterocycles. The molecule has 0 aliphatic rings. The highest BCUT2D eigenvalue weighted by atomic mass is 14.9. The molecule has 1 N–H and O–H groups in total. The second kappa shape index (κ2) is 5.61. The summed E-state index contributed by atoms with van der Waals surface area (Å²) < 4.78 is 0. The van der Waals surface area contributed by atoms with Crippen LogP contribution in [0.5, 0.6) is 0 Å². The van der Waals surface area contributed by atoms with Crippen LogP contribution in [0.1, 0.15) is 19.4 Å². The highest BCUT2D eigenvalue weighted by Crippen LogP contribution is 2.25. The van der Waals surface area contributed by atoms with Crippen molar-refractivity contribution in [3.63, 3.8) is 0 Å². The van der Waals surface area contributed by atoms with Gasteiger partial charge in [-0.3, -0.25) is 0 Å². The lowest BCUT2D eigenvalue weighted by molar-refractivity contribution is 0.557. The first-order chi connectivity index (χ1) is 10.1. The highest BCUT2D eigenvalue weighted by Gasteiger charge is 2.19. The molecule has 0 aliphatic heterocycles. The molecule has 1 heteroatoms. The van der Waals surface area contributed by atoms with Gasteiger partial charge in [0.15, 0.2) is 0 Å². The number of anilines is 1. The Morgan fingerprint density at radius 3 is 2.19 bits per heavy atom. The third-order valence-electron chi connectivity index (χ3n) is 4.04. The maximum Gasteiger partial charge on any atom is 0.0346 e. The van der Waals surface area contributed by atoms with Crippen LogP contribution in [0.4, 0.5) is 5.69 Å². The van der Waals surface area contributed by atoms with E-state index in [2.05, 4.69) is 92.0 Å². The van der Waals surface area contributed by atoms with E-state index in [4.69, 9.17) is 0 Å². The first-order valence-electron chi connectivity index (χ1n) is 7.43. The van der Waals surface area contributed by atoms with E-state index in [9.17, 15) is 0 Å². The van der Waals surface area contributed by atoms with Gasteiger partial charge in [0.05, 0.1) is 0 Å². The molecule has 0 amide bonds. The molecule has 0 aliphatic carbocycles. The third-order valence-corrected chi connectivity index (χ3v) is 4.04. The summed E-state index contributed by atoms with van der Waals surface area (Å²) in [6.45, 7) is 5.46. The Kier molecular flexibility index (Phi) is 3.66. The number of rotatable bonds is 4. The standard InChI is InChI=1S/C20H21N/c1-20(2,18-10-4-3-5-11-18)15-21-19-13-12-16-8-6-7-9-17(16)14-19/h3-14,21H,15H2,1-2H3. The fraction of sp³-hybridized carbons (Fsp3) is 0.200. The van der Waals surface area contributed by atoms with Crippen molar-refractivity contribution in [3.05, 3.63) is 78.4 Å². The quantitative estimate of drug-likeness (QED) is 0.687. The van der Waals surface area contributed by atoms with Gasteiger partial charge >= 0.3 is 0 Å². The Hall–Kier alpha value is -2.28. The topological polar surface area (TPSA) is 12.0 Å². The van der Waals surface area contributed by atoms with Crippen LogP contribution in [0.15, 0.2) is 72.8 Å². The number of benzene rings is 3. The molecule has 1 nitrogen and oxygen atoms in total. The monoisotopic (exact) mass is 275 g/mol. The van der Waals surface area contributed by atoms with E-state index < -0.39 is 0 Å². The third kappa shape index (κ3) is 3.08. The first kappa shape index (κ1) is 13.7. The van der Waals surface area contributed by atoms with E-state index >= 15 is 0 Å². The predicted octanol–water partition coefficient (Wildman–Crippen LogP) is 5.23. The van der Waals surface area contributed by atoms with E-state index in [1.165, 1.54) is 22.0 Å². The number of hydrogen-bond donors (Lipinski definition) is 1. The fourth-order valence-corrected chi connectivity index (χ4v) is 2.61. The summed E-state index contributed by atoms with van der Waals surface area (Å²) in [6, 6.07) is 25.7. The minimum atomic E-state index is 0.104. The van der Waals surface area contributed by atoms with Crippen molar-refractivity contribution in [2.45, 2.75) is 19.3 Å². The minimum absolute atomic E-state index is 0.104. The molecule has 0 atom stereocenters. The lowest BCUT2D eigenvalue weighted by atomic mass is 9.84. The molecular weight excluding hydrogens is 254 g/mol. The number of nitrogens with one attached hydrogen (secondary N) is 1. The summed E-state index contributed by atoms with van der Waals surface area (Å²) in [5, 5.41) is 6.14. The van der Waals surface area contributed by atoms with Crippen molar-refractivity contribution < 1.29 is 0 Å². The minimum Gasteiger partial charge on any atom is -0.384 e. The molecule has 106 valence electrons. The van der Waals surface area contributed by atoms with Gasteiger partial charge in [0.1, 0.15) is 0 Å². The lowest BCUT2D eigenvalue weighted by Gasteiger charge is -2.26. The maximum atomic E-state index is 3.58. The number of fused-ring (bicyclic) bond motifs is 1. The molecule has 3 aromatic carbocycles. The van der Waals surface area contributed by atoms with Crippen LogP contribution < -0.4 is 5.32 Å². The molecule has 3 rings (SSSR count). The van der Waals surface area contributed by atoms with Crippen LogP contribution in [-0.4, -0.2) is 6.54 Å². The molecule has 21 heavy (non-hydrogen) atoms. The smallest absolute Gasteiger partial charge is 0.0346 e. The predicted molar refractivity (Wildman–Crippen MR) is 91.9 cm³/mol. The average Bonchev–Trinajstić information content (AvgIpc) is 2.54. The van der Waals surface area contributed by atoms with Gasteiger partial charge in [-0.2, -0.15) is 0 Å². The van der Waals surface area contributed by atoms with E-state index in [0.29, 0.717) is 0 Å². The van der Waals surface area contributed by atoms with Gasteiger partial charge in [0.25, 0.3) is 0 Å². The van der Waals surface area contributed by atoms with Gasteiger partial charge in [-0.05, 0) is 28.5 Å². The lowest BCUT2D eigenvalue weighted by Crippen LogP contribution is -2.27. The zero-order valence-corrected chi connectivity index (χ0v) is 12.6. The van der Waals surface area contributed by atoms with Gasteiger partial charge in [-0.25, -0.2) is 0 Å². The summed E-state index contributed by atoms with van der Waals surface area (Å²) in [5.74, 6) is 0. The van der Waals surface area contributed by atoms with Crippen LogP contribution in [0, 0.1) is 0 Å². The molecule has 0 heterocycles. The zero-order valence-electron chi connectivity index (χ0n) is 12.6. The summed E-state index contributed by atoms with van der Waals surface area (Å²) >= 11 is 0. The summed E-state index contributed by atoms with van der Waals surface area (Å²) in [5.41, 5.74) is 2.64. The Labute approximate surface area is 126 Å². The second-order valence-electron chi connectivity index (χ2n) is 6.17. The number of hydrogen-bond acceptors (Lipinski definition) is 1. The van der Waals surface area contributed by atoms with E-state index in [1.807, 2.05) is 0 Å². The molecule has 0 saturated carbocycles. The van der Waals surface area contributed by atoms with Crippen molar-refractivity contribution in [1.82, 2.24) is 0 Å². The molecule has 0 fully saturated rings. The van der Waals surface area contributed by atoms with Crippen LogP contribution >= 0.6 is 0 Å². The second-order valence-corrected chi connectivity index (χ2v) is 6.17. The zero-order chi connectivity index (χ0) is 14.7. The van der Waals surface area contributed by atoms with Crippen molar-refractivity contribution in [1.29, 1.82) is 0 Å². The van der Waals surface area contributed by atoms with Crippen LogP contribution in [-0.2, 0) is 5.41 Å². The van der Waals surface area contributed by atoms with Crippen molar-refractivity contribution in [2.24, 2.45) is 0 Å².